The molecule has 2 aliphatic rings. The lowest BCUT2D eigenvalue weighted by Gasteiger charge is -2.34. The quantitative estimate of drug-likeness (QED) is 0.681. The number of pyridine rings is 1. The Labute approximate surface area is 173 Å². The van der Waals surface area contributed by atoms with Gasteiger partial charge < -0.3 is 21.1 Å². The summed E-state index contributed by atoms with van der Waals surface area (Å²) in [5.41, 5.74) is 7.80. The van der Waals surface area contributed by atoms with Crippen LogP contribution in [0.4, 0.5) is 5.82 Å². The van der Waals surface area contributed by atoms with Crippen molar-refractivity contribution in [1.29, 1.82) is 0 Å². The number of nitrogens with zero attached hydrogens (tertiary/aromatic N) is 2. The molecule has 1 saturated heterocycles. The van der Waals surface area contributed by atoms with Gasteiger partial charge in [-0.2, -0.15) is 0 Å². The molecule has 1 aliphatic heterocycles. The first-order valence-corrected chi connectivity index (χ1v) is 10.4. The van der Waals surface area contributed by atoms with E-state index in [4.69, 9.17) is 10.5 Å². The zero-order chi connectivity index (χ0) is 21.0. The first-order valence-electron chi connectivity index (χ1n) is 10.4. The average molecular weight is 400 g/mol. The smallest absolute Gasteiger partial charge is 0.239 e. The molecule has 1 amide bonds. The summed E-state index contributed by atoms with van der Waals surface area (Å²) >= 11 is 0. The number of allylic oxidation sites excluding steroid dienone is 3. The van der Waals surface area contributed by atoms with Crippen LogP contribution in [0.15, 0.2) is 41.6 Å². The molecule has 1 fully saturated rings. The highest BCUT2D eigenvalue weighted by Gasteiger charge is 2.24. The third-order valence-electron chi connectivity index (χ3n) is 5.49. The highest BCUT2D eigenvalue weighted by Crippen LogP contribution is 2.29. The second-order valence-electron chi connectivity index (χ2n) is 8.50. The van der Waals surface area contributed by atoms with E-state index in [-0.39, 0.29) is 11.8 Å². The highest BCUT2D eigenvalue weighted by molar-refractivity contribution is 5.91. The van der Waals surface area contributed by atoms with Crippen molar-refractivity contribution in [3.05, 3.63) is 41.6 Å². The maximum Gasteiger partial charge on any atom is 0.239 e. The molecule has 2 heterocycles. The fraction of sp³-hybridized carbons (Fsp3) is 0.545. The summed E-state index contributed by atoms with van der Waals surface area (Å²) in [6, 6.07) is 3.53. The number of rotatable bonds is 6. The number of aromatic nitrogens is 1. The molecule has 1 aliphatic carbocycles. The maximum absolute atomic E-state index is 12.5. The standard InChI is InChI=1S/C22H33N5O2/c1-14-7-15(2)12-27(11-14)13-22(28)26-21-9-17(5-6-25-21)29-20-10-18(23)19(24-4)8-16(20)3/h5-6,9-10,14-16,24H,7-8,11-13,23H2,1-4H3,(H,25,26,28). The summed E-state index contributed by atoms with van der Waals surface area (Å²) in [6.07, 6.45) is 5.53. The van der Waals surface area contributed by atoms with Crippen LogP contribution >= 0.6 is 0 Å². The summed E-state index contributed by atoms with van der Waals surface area (Å²) in [7, 11) is 1.87. The third kappa shape index (κ3) is 5.73. The Balaban J connectivity index is 1.61. The van der Waals surface area contributed by atoms with Gasteiger partial charge in [-0.3, -0.25) is 9.69 Å². The van der Waals surface area contributed by atoms with Crippen LogP contribution in [0, 0.1) is 17.8 Å². The average Bonchev–Trinajstić information content (AvgIpc) is 2.63. The van der Waals surface area contributed by atoms with Crippen LogP contribution in [0.2, 0.25) is 0 Å². The summed E-state index contributed by atoms with van der Waals surface area (Å²) in [4.78, 5) is 19.0. The van der Waals surface area contributed by atoms with E-state index >= 15 is 0 Å². The van der Waals surface area contributed by atoms with Gasteiger partial charge in [0.25, 0.3) is 0 Å². The predicted molar refractivity (Wildman–Crippen MR) is 115 cm³/mol. The van der Waals surface area contributed by atoms with Gasteiger partial charge >= 0.3 is 0 Å². The zero-order valence-corrected chi connectivity index (χ0v) is 17.9. The second-order valence-corrected chi connectivity index (χ2v) is 8.50. The van der Waals surface area contributed by atoms with Gasteiger partial charge in [0.2, 0.25) is 5.91 Å². The fourth-order valence-electron chi connectivity index (χ4n) is 4.27. The first kappa shape index (κ1) is 21.2. The molecule has 0 aromatic carbocycles. The van der Waals surface area contributed by atoms with Gasteiger partial charge in [0.1, 0.15) is 17.3 Å². The summed E-state index contributed by atoms with van der Waals surface area (Å²) in [5.74, 6) is 3.34. The number of hydrogen-bond donors (Lipinski definition) is 3. The first-order chi connectivity index (χ1) is 13.8. The van der Waals surface area contributed by atoms with Gasteiger partial charge in [0.05, 0.1) is 12.2 Å². The predicted octanol–water partition coefficient (Wildman–Crippen LogP) is 2.69. The minimum atomic E-state index is -0.0490. The maximum atomic E-state index is 12.5. The lowest BCUT2D eigenvalue weighted by atomic mass is 9.92. The van der Waals surface area contributed by atoms with Crippen molar-refractivity contribution in [3.63, 3.8) is 0 Å². The fourth-order valence-corrected chi connectivity index (χ4v) is 4.27. The van der Waals surface area contributed by atoms with Gasteiger partial charge in [-0.15, -0.1) is 0 Å². The lowest BCUT2D eigenvalue weighted by Crippen LogP contribution is -2.42. The number of likely N-dealkylation sites (tertiary alicyclic amines) is 1. The Morgan fingerprint density at radius 1 is 1.31 bits per heavy atom. The van der Waals surface area contributed by atoms with Crippen LogP contribution in [0.3, 0.4) is 0 Å². The Kier molecular flexibility index (Phi) is 6.79. The van der Waals surface area contributed by atoms with Crippen molar-refractivity contribution < 1.29 is 9.53 Å². The zero-order valence-electron chi connectivity index (χ0n) is 17.9. The number of amides is 1. The third-order valence-corrected chi connectivity index (χ3v) is 5.49. The number of carbonyl (C=O) groups excluding carboxylic acids is 1. The minimum Gasteiger partial charge on any atom is -0.461 e. The van der Waals surface area contributed by atoms with Crippen molar-refractivity contribution in [3.8, 4) is 5.75 Å². The van der Waals surface area contributed by atoms with Crippen molar-refractivity contribution >= 4 is 11.7 Å². The molecule has 158 valence electrons. The number of nitrogens with two attached hydrogens (primary N) is 1. The monoisotopic (exact) mass is 399 g/mol. The number of piperidine rings is 1. The molecule has 29 heavy (non-hydrogen) atoms. The molecule has 0 spiro atoms. The van der Waals surface area contributed by atoms with Gasteiger partial charge in [-0.05, 0) is 30.7 Å². The van der Waals surface area contributed by atoms with Crippen molar-refractivity contribution in [2.75, 3.05) is 32.0 Å². The van der Waals surface area contributed by atoms with Crippen LogP contribution in [0.25, 0.3) is 0 Å². The van der Waals surface area contributed by atoms with E-state index in [2.05, 4.69) is 41.3 Å². The molecule has 1 aromatic heterocycles. The molecule has 0 radical (unpaired) electrons. The molecule has 7 nitrogen and oxygen atoms in total. The molecule has 7 heteroatoms. The van der Waals surface area contributed by atoms with E-state index < -0.39 is 0 Å². The van der Waals surface area contributed by atoms with Crippen LogP contribution in [-0.4, -0.2) is 42.5 Å². The Morgan fingerprint density at radius 3 is 2.72 bits per heavy atom. The topological polar surface area (TPSA) is 92.5 Å². The number of hydrogen-bond acceptors (Lipinski definition) is 6. The van der Waals surface area contributed by atoms with Crippen molar-refractivity contribution in [2.24, 2.45) is 23.5 Å². The number of ether oxygens (including phenoxy) is 1. The summed E-state index contributed by atoms with van der Waals surface area (Å²) < 4.78 is 6.05. The molecule has 1 aromatic rings. The molecule has 3 rings (SSSR count). The minimum absolute atomic E-state index is 0.0490. The summed E-state index contributed by atoms with van der Waals surface area (Å²) in [6.45, 7) is 8.89. The van der Waals surface area contributed by atoms with Gasteiger partial charge in [-0.1, -0.05) is 20.8 Å². The molecule has 3 unspecified atom stereocenters. The molecule has 0 saturated carbocycles. The second kappa shape index (κ2) is 9.31. The van der Waals surface area contributed by atoms with Crippen molar-refractivity contribution in [2.45, 2.75) is 33.6 Å². The molecule has 3 atom stereocenters. The normalized spacial score (nSPS) is 25.4. The van der Waals surface area contributed by atoms with E-state index in [1.807, 2.05) is 13.1 Å². The highest BCUT2D eigenvalue weighted by atomic mass is 16.5. The van der Waals surface area contributed by atoms with Gasteiger partial charge in [0.15, 0.2) is 0 Å². The Hall–Kier alpha value is -2.54. The summed E-state index contributed by atoms with van der Waals surface area (Å²) in [5, 5.41) is 6.03. The van der Waals surface area contributed by atoms with Crippen LogP contribution in [0.5, 0.6) is 5.75 Å². The van der Waals surface area contributed by atoms with Crippen LogP contribution < -0.4 is 21.1 Å². The SMILES string of the molecule is CNC1=C(N)C=C(Oc2ccnc(NC(=O)CN3CC(C)CC(C)C3)c2)C(C)C1. The molecular weight excluding hydrogens is 366 g/mol. The van der Waals surface area contributed by atoms with E-state index in [1.165, 1.54) is 6.42 Å². The van der Waals surface area contributed by atoms with E-state index in [0.29, 0.717) is 35.6 Å². The number of anilines is 1. The van der Waals surface area contributed by atoms with E-state index in [9.17, 15) is 4.79 Å². The van der Waals surface area contributed by atoms with Crippen LogP contribution in [0.1, 0.15) is 33.6 Å². The van der Waals surface area contributed by atoms with Crippen LogP contribution in [-0.2, 0) is 4.79 Å². The van der Waals surface area contributed by atoms with E-state index in [1.54, 1.807) is 18.3 Å². The number of carbonyl (C=O) groups is 1. The lowest BCUT2D eigenvalue weighted by molar-refractivity contribution is -0.117. The van der Waals surface area contributed by atoms with E-state index in [0.717, 1.165) is 31.0 Å². The van der Waals surface area contributed by atoms with Gasteiger partial charge in [-0.25, -0.2) is 4.98 Å². The number of nitrogens with one attached hydrogen (secondary N) is 2. The Morgan fingerprint density at radius 2 is 2.03 bits per heavy atom. The van der Waals surface area contributed by atoms with Gasteiger partial charge in [0, 0.05) is 50.1 Å². The largest absolute Gasteiger partial charge is 0.461 e. The molecular formula is C22H33N5O2. The van der Waals surface area contributed by atoms with Crippen molar-refractivity contribution in [1.82, 2.24) is 15.2 Å². The Bertz CT molecular complexity index is 794. The molecule has 0 bridgehead atoms. The molecule has 4 N–H and O–H groups in total.